The van der Waals surface area contributed by atoms with E-state index < -0.39 is 0 Å². The Kier molecular flexibility index (Phi) is 3.51. The van der Waals surface area contributed by atoms with Crippen molar-refractivity contribution >= 4 is 0 Å². The highest BCUT2D eigenvalue weighted by molar-refractivity contribution is 5.03. The van der Waals surface area contributed by atoms with E-state index in [0.29, 0.717) is 5.41 Å². The van der Waals surface area contributed by atoms with Gasteiger partial charge in [0.05, 0.1) is 0 Å². The summed E-state index contributed by atoms with van der Waals surface area (Å²) in [5.74, 6) is 6.95. The Hall–Kier alpha value is 0. The fraction of sp³-hybridized carbons (Fsp3) is 1.00. The highest BCUT2D eigenvalue weighted by Crippen LogP contribution is 2.61. The molecular formula is C19H34. The largest absolute Gasteiger partial charge is 0.0622 e. The van der Waals surface area contributed by atoms with E-state index in [0.717, 1.165) is 41.4 Å². The molecule has 8 unspecified atom stereocenters. The lowest BCUT2D eigenvalue weighted by Gasteiger charge is -2.60. The van der Waals surface area contributed by atoms with Gasteiger partial charge in [-0.3, -0.25) is 0 Å². The molecule has 110 valence electrons. The zero-order valence-corrected chi connectivity index (χ0v) is 13.8. The van der Waals surface area contributed by atoms with Gasteiger partial charge in [-0.15, -0.1) is 0 Å². The molecule has 0 N–H and O–H groups in total. The first-order valence-electron chi connectivity index (χ1n) is 8.94. The molecule has 0 aromatic carbocycles. The molecule has 3 saturated carbocycles. The Bertz CT molecular complexity index is 331. The molecule has 3 fully saturated rings. The second kappa shape index (κ2) is 4.78. The van der Waals surface area contributed by atoms with Gasteiger partial charge in [-0.1, -0.05) is 47.5 Å². The zero-order valence-electron chi connectivity index (χ0n) is 13.8. The van der Waals surface area contributed by atoms with E-state index >= 15 is 0 Å². The molecule has 0 bridgehead atoms. The molecule has 0 aromatic heterocycles. The van der Waals surface area contributed by atoms with Crippen LogP contribution in [0.15, 0.2) is 0 Å². The number of rotatable bonds is 0. The Morgan fingerprint density at radius 3 is 2.37 bits per heavy atom. The summed E-state index contributed by atoms with van der Waals surface area (Å²) in [4.78, 5) is 0. The predicted molar refractivity (Wildman–Crippen MR) is 82.9 cm³/mol. The number of hydrogen-bond donors (Lipinski definition) is 0. The molecule has 0 heterocycles. The van der Waals surface area contributed by atoms with E-state index in [1.165, 1.54) is 38.5 Å². The van der Waals surface area contributed by atoms with Crippen molar-refractivity contribution in [2.24, 2.45) is 46.8 Å². The van der Waals surface area contributed by atoms with Crippen LogP contribution < -0.4 is 0 Å². The van der Waals surface area contributed by atoms with Gasteiger partial charge >= 0.3 is 0 Å². The maximum atomic E-state index is 2.64. The van der Waals surface area contributed by atoms with Crippen LogP contribution in [0.4, 0.5) is 0 Å². The van der Waals surface area contributed by atoms with E-state index in [9.17, 15) is 0 Å². The van der Waals surface area contributed by atoms with Gasteiger partial charge in [0.1, 0.15) is 0 Å². The third-order valence-corrected chi connectivity index (χ3v) is 7.84. The summed E-state index contributed by atoms with van der Waals surface area (Å²) >= 11 is 0. The maximum Gasteiger partial charge on any atom is -0.0292 e. The Labute approximate surface area is 120 Å². The number of fused-ring (bicyclic) bond motifs is 3. The molecule has 19 heavy (non-hydrogen) atoms. The molecule has 0 nitrogen and oxygen atoms in total. The topological polar surface area (TPSA) is 0 Å². The summed E-state index contributed by atoms with van der Waals surface area (Å²) in [6.07, 6.45) is 9.11. The Balaban J connectivity index is 1.91. The molecule has 0 aliphatic heterocycles. The van der Waals surface area contributed by atoms with E-state index in [2.05, 4.69) is 34.6 Å². The van der Waals surface area contributed by atoms with Crippen LogP contribution in [0.3, 0.4) is 0 Å². The lowest BCUT2D eigenvalue weighted by atomic mass is 9.45. The molecule has 8 atom stereocenters. The lowest BCUT2D eigenvalue weighted by molar-refractivity contribution is -0.109. The first-order chi connectivity index (χ1) is 8.94. The molecule has 3 aliphatic carbocycles. The van der Waals surface area contributed by atoms with Crippen molar-refractivity contribution in [1.82, 2.24) is 0 Å². The van der Waals surface area contributed by atoms with E-state index in [4.69, 9.17) is 0 Å². The van der Waals surface area contributed by atoms with Gasteiger partial charge in [-0.05, 0) is 72.5 Å². The Morgan fingerprint density at radius 2 is 1.63 bits per heavy atom. The molecule has 0 heteroatoms. The van der Waals surface area contributed by atoms with Crippen molar-refractivity contribution in [3.63, 3.8) is 0 Å². The summed E-state index contributed by atoms with van der Waals surface area (Å²) in [6.45, 7) is 12.8. The average molecular weight is 262 g/mol. The second-order valence-corrected chi connectivity index (χ2v) is 8.86. The monoisotopic (exact) mass is 262 g/mol. The first kappa shape index (κ1) is 14.0. The van der Waals surface area contributed by atoms with Crippen molar-refractivity contribution in [2.45, 2.75) is 73.1 Å². The average Bonchev–Trinajstić information content (AvgIpc) is 2.34. The normalized spacial score (nSPS) is 58.3. The smallest absolute Gasteiger partial charge is 0.0292 e. The van der Waals surface area contributed by atoms with E-state index in [1.54, 1.807) is 0 Å². The molecule has 0 radical (unpaired) electrons. The van der Waals surface area contributed by atoms with Gasteiger partial charge in [0.15, 0.2) is 0 Å². The molecule has 3 rings (SSSR count). The van der Waals surface area contributed by atoms with Crippen LogP contribution in [0.1, 0.15) is 73.1 Å². The minimum Gasteiger partial charge on any atom is -0.0622 e. The van der Waals surface area contributed by atoms with Crippen molar-refractivity contribution in [3.8, 4) is 0 Å². The van der Waals surface area contributed by atoms with Gasteiger partial charge in [0.25, 0.3) is 0 Å². The standard InChI is InChI=1S/C19H34/c1-12-10-16-17-8-6-7-9-19(17,5)11-13(2)18(16)15(4)14(12)3/h12-18H,6-11H2,1-5H3. The highest BCUT2D eigenvalue weighted by Gasteiger charge is 2.54. The van der Waals surface area contributed by atoms with Crippen molar-refractivity contribution in [3.05, 3.63) is 0 Å². The van der Waals surface area contributed by atoms with Gasteiger partial charge in [0.2, 0.25) is 0 Å². The number of hydrogen-bond acceptors (Lipinski definition) is 0. The van der Waals surface area contributed by atoms with Crippen molar-refractivity contribution in [2.75, 3.05) is 0 Å². The van der Waals surface area contributed by atoms with Gasteiger partial charge < -0.3 is 0 Å². The summed E-state index contributed by atoms with van der Waals surface area (Å²) in [5.41, 5.74) is 0.693. The highest BCUT2D eigenvalue weighted by atomic mass is 14.6. The third-order valence-electron chi connectivity index (χ3n) is 7.84. The SMILES string of the molecule is CC1CC2C(C(C)CC3(C)CCCCC23)C(C)C1C. The van der Waals surface area contributed by atoms with Crippen LogP contribution in [0.25, 0.3) is 0 Å². The molecule has 0 saturated heterocycles. The molecule has 0 amide bonds. The fourth-order valence-corrected chi connectivity index (χ4v) is 6.72. The minimum atomic E-state index is 0.693. The Morgan fingerprint density at radius 1 is 0.895 bits per heavy atom. The first-order valence-corrected chi connectivity index (χ1v) is 8.94. The minimum absolute atomic E-state index is 0.693. The lowest BCUT2D eigenvalue weighted by Crippen LogP contribution is -2.52. The quantitative estimate of drug-likeness (QED) is 0.520. The van der Waals surface area contributed by atoms with Crippen molar-refractivity contribution < 1.29 is 0 Å². The van der Waals surface area contributed by atoms with E-state index in [-0.39, 0.29) is 0 Å². The van der Waals surface area contributed by atoms with Crippen molar-refractivity contribution in [1.29, 1.82) is 0 Å². The summed E-state index contributed by atoms with van der Waals surface area (Å²) in [6, 6.07) is 0. The second-order valence-electron chi connectivity index (χ2n) is 8.86. The molecular weight excluding hydrogens is 228 g/mol. The molecule has 3 aliphatic rings. The maximum absolute atomic E-state index is 2.64. The third kappa shape index (κ3) is 2.09. The van der Waals surface area contributed by atoms with E-state index in [1.807, 2.05) is 0 Å². The van der Waals surface area contributed by atoms with Gasteiger partial charge in [-0.2, -0.15) is 0 Å². The van der Waals surface area contributed by atoms with Crippen LogP contribution in [0.5, 0.6) is 0 Å². The van der Waals surface area contributed by atoms with Gasteiger partial charge in [-0.25, -0.2) is 0 Å². The van der Waals surface area contributed by atoms with Crippen LogP contribution in [-0.4, -0.2) is 0 Å². The summed E-state index contributed by atoms with van der Waals surface area (Å²) in [7, 11) is 0. The van der Waals surface area contributed by atoms with Crippen LogP contribution in [-0.2, 0) is 0 Å². The summed E-state index contributed by atoms with van der Waals surface area (Å²) in [5, 5.41) is 0. The van der Waals surface area contributed by atoms with Crippen LogP contribution in [0, 0.1) is 46.8 Å². The zero-order chi connectivity index (χ0) is 13.8. The fourth-order valence-electron chi connectivity index (χ4n) is 6.72. The van der Waals surface area contributed by atoms with Crippen LogP contribution >= 0.6 is 0 Å². The summed E-state index contributed by atoms with van der Waals surface area (Å²) < 4.78 is 0. The predicted octanol–water partition coefficient (Wildman–Crippen LogP) is 5.77. The molecule has 0 spiro atoms. The molecule has 0 aromatic rings. The van der Waals surface area contributed by atoms with Crippen LogP contribution in [0.2, 0.25) is 0 Å². The van der Waals surface area contributed by atoms with Gasteiger partial charge in [0, 0.05) is 0 Å².